The van der Waals surface area contributed by atoms with Crippen LogP contribution in [0.1, 0.15) is 44.0 Å². The van der Waals surface area contributed by atoms with Crippen molar-refractivity contribution >= 4 is 17.5 Å². The van der Waals surface area contributed by atoms with Crippen LogP contribution >= 0.6 is 0 Å². The molecule has 4 N–H and O–H groups in total. The fourth-order valence-corrected chi connectivity index (χ4v) is 2.09. The number of carbonyl (C=O) groups is 1. The standard InChI is InChI=1S/C13H21N3O2/c1-4-9(5-2)8(3)16-12-11(13(17)18)6-10(14)7-15-12/h6-9H,4-5,14H2,1-3H3,(H,15,16)(H,17,18). The minimum atomic E-state index is -1.02. The van der Waals surface area contributed by atoms with Crippen LogP contribution in [0.15, 0.2) is 12.3 Å². The molecule has 1 atom stereocenters. The van der Waals surface area contributed by atoms with E-state index in [1.807, 2.05) is 6.92 Å². The largest absolute Gasteiger partial charge is 0.478 e. The lowest BCUT2D eigenvalue weighted by atomic mass is 9.95. The summed E-state index contributed by atoms with van der Waals surface area (Å²) >= 11 is 0. The molecule has 1 aromatic rings. The molecule has 0 fully saturated rings. The van der Waals surface area contributed by atoms with Crippen LogP contribution < -0.4 is 11.1 Å². The predicted molar refractivity (Wildman–Crippen MR) is 72.8 cm³/mol. The lowest BCUT2D eigenvalue weighted by Crippen LogP contribution is -2.26. The van der Waals surface area contributed by atoms with Gasteiger partial charge in [-0.3, -0.25) is 0 Å². The highest BCUT2D eigenvalue weighted by Crippen LogP contribution is 2.21. The third-order valence-electron chi connectivity index (χ3n) is 3.26. The molecule has 18 heavy (non-hydrogen) atoms. The highest BCUT2D eigenvalue weighted by atomic mass is 16.4. The summed E-state index contributed by atoms with van der Waals surface area (Å²) in [7, 11) is 0. The van der Waals surface area contributed by atoms with Gasteiger partial charge in [0.2, 0.25) is 0 Å². The summed E-state index contributed by atoms with van der Waals surface area (Å²) in [6.07, 6.45) is 3.55. The van der Waals surface area contributed by atoms with E-state index in [1.165, 1.54) is 12.3 Å². The highest BCUT2D eigenvalue weighted by Gasteiger charge is 2.18. The third-order valence-corrected chi connectivity index (χ3v) is 3.26. The Balaban J connectivity index is 2.93. The number of rotatable bonds is 6. The Morgan fingerprint density at radius 3 is 2.61 bits per heavy atom. The van der Waals surface area contributed by atoms with Gasteiger partial charge in [0, 0.05) is 6.04 Å². The maximum atomic E-state index is 11.1. The van der Waals surface area contributed by atoms with Crippen LogP contribution in [-0.2, 0) is 0 Å². The number of hydrogen-bond acceptors (Lipinski definition) is 4. The summed E-state index contributed by atoms with van der Waals surface area (Å²) < 4.78 is 0. The van der Waals surface area contributed by atoms with Crippen LogP contribution in [0.25, 0.3) is 0 Å². The summed E-state index contributed by atoms with van der Waals surface area (Å²) in [6.45, 7) is 6.29. The second kappa shape index (κ2) is 6.23. The molecule has 1 heterocycles. The molecule has 0 radical (unpaired) electrons. The van der Waals surface area contributed by atoms with Gasteiger partial charge in [0.1, 0.15) is 11.4 Å². The van der Waals surface area contributed by atoms with Gasteiger partial charge >= 0.3 is 5.97 Å². The van der Waals surface area contributed by atoms with Gasteiger partial charge in [-0.15, -0.1) is 0 Å². The molecule has 1 rings (SSSR count). The number of pyridine rings is 1. The van der Waals surface area contributed by atoms with Gasteiger partial charge in [-0.25, -0.2) is 9.78 Å². The molecule has 0 aliphatic rings. The van der Waals surface area contributed by atoms with Crippen molar-refractivity contribution < 1.29 is 9.90 Å². The van der Waals surface area contributed by atoms with Crippen LogP contribution in [0.4, 0.5) is 11.5 Å². The molecule has 0 saturated carbocycles. The molecule has 0 aromatic carbocycles. The zero-order chi connectivity index (χ0) is 13.7. The normalized spacial score (nSPS) is 12.4. The average Bonchev–Trinajstić information content (AvgIpc) is 2.32. The summed E-state index contributed by atoms with van der Waals surface area (Å²) in [5.74, 6) is -0.142. The Morgan fingerprint density at radius 1 is 1.50 bits per heavy atom. The zero-order valence-corrected chi connectivity index (χ0v) is 11.1. The fraction of sp³-hybridized carbons (Fsp3) is 0.538. The number of carboxylic acid groups (broad SMARTS) is 1. The zero-order valence-electron chi connectivity index (χ0n) is 11.1. The Hall–Kier alpha value is -1.78. The molecule has 5 heteroatoms. The first kappa shape index (κ1) is 14.3. The monoisotopic (exact) mass is 251 g/mol. The molecular formula is C13H21N3O2. The van der Waals surface area contributed by atoms with Crippen molar-refractivity contribution in [3.63, 3.8) is 0 Å². The first-order valence-electron chi connectivity index (χ1n) is 6.24. The molecule has 1 unspecified atom stereocenters. The maximum Gasteiger partial charge on any atom is 0.339 e. The van der Waals surface area contributed by atoms with Crippen LogP contribution in [-0.4, -0.2) is 22.1 Å². The van der Waals surface area contributed by atoms with E-state index >= 15 is 0 Å². The summed E-state index contributed by atoms with van der Waals surface area (Å²) in [5.41, 5.74) is 6.03. The Morgan fingerprint density at radius 2 is 2.11 bits per heavy atom. The van der Waals surface area contributed by atoms with Gasteiger partial charge in [0.05, 0.1) is 11.9 Å². The minimum absolute atomic E-state index is 0.118. The van der Waals surface area contributed by atoms with Gasteiger partial charge in [0.25, 0.3) is 0 Å². The van der Waals surface area contributed by atoms with Crippen LogP contribution in [0.3, 0.4) is 0 Å². The van der Waals surface area contributed by atoms with E-state index in [0.29, 0.717) is 17.4 Å². The van der Waals surface area contributed by atoms with E-state index in [1.54, 1.807) is 0 Å². The summed E-state index contributed by atoms with van der Waals surface area (Å²) in [6, 6.07) is 1.60. The fourth-order valence-electron chi connectivity index (χ4n) is 2.09. The number of anilines is 2. The van der Waals surface area contributed by atoms with Crippen LogP contribution in [0, 0.1) is 5.92 Å². The molecule has 0 spiro atoms. The number of nitrogens with zero attached hydrogens (tertiary/aromatic N) is 1. The number of nitrogens with one attached hydrogen (secondary N) is 1. The topological polar surface area (TPSA) is 88.2 Å². The quantitative estimate of drug-likeness (QED) is 0.723. The second-order valence-electron chi connectivity index (χ2n) is 4.48. The SMILES string of the molecule is CCC(CC)C(C)Nc1ncc(N)cc1C(=O)O. The third kappa shape index (κ3) is 3.35. The van der Waals surface area contributed by atoms with Crippen molar-refractivity contribution in [2.45, 2.75) is 39.7 Å². The molecule has 0 saturated heterocycles. The minimum Gasteiger partial charge on any atom is -0.478 e. The first-order valence-corrected chi connectivity index (χ1v) is 6.24. The summed E-state index contributed by atoms with van der Waals surface area (Å²) in [4.78, 5) is 15.2. The van der Waals surface area contributed by atoms with Crippen molar-refractivity contribution in [2.75, 3.05) is 11.1 Å². The van der Waals surface area contributed by atoms with E-state index < -0.39 is 5.97 Å². The number of nitrogen functional groups attached to an aromatic ring is 1. The van der Waals surface area contributed by atoms with Gasteiger partial charge in [0.15, 0.2) is 0 Å². The van der Waals surface area contributed by atoms with E-state index in [-0.39, 0.29) is 11.6 Å². The van der Waals surface area contributed by atoms with Crippen LogP contribution in [0.5, 0.6) is 0 Å². The van der Waals surface area contributed by atoms with Crippen molar-refractivity contribution in [3.8, 4) is 0 Å². The Labute approximate surface area is 107 Å². The molecule has 0 bridgehead atoms. The lowest BCUT2D eigenvalue weighted by Gasteiger charge is -2.23. The van der Waals surface area contributed by atoms with E-state index in [9.17, 15) is 4.79 Å². The van der Waals surface area contributed by atoms with Crippen molar-refractivity contribution in [2.24, 2.45) is 5.92 Å². The number of aromatic nitrogens is 1. The summed E-state index contributed by atoms with van der Waals surface area (Å²) in [5, 5.41) is 12.3. The molecule has 1 aromatic heterocycles. The Kier molecular flexibility index (Phi) is 4.95. The van der Waals surface area contributed by atoms with Crippen molar-refractivity contribution in [1.82, 2.24) is 4.98 Å². The molecule has 0 aliphatic carbocycles. The van der Waals surface area contributed by atoms with Crippen molar-refractivity contribution in [3.05, 3.63) is 17.8 Å². The van der Waals surface area contributed by atoms with Crippen molar-refractivity contribution in [1.29, 1.82) is 0 Å². The molecular weight excluding hydrogens is 230 g/mol. The van der Waals surface area contributed by atoms with Gasteiger partial charge in [-0.1, -0.05) is 26.7 Å². The van der Waals surface area contributed by atoms with E-state index in [4.69, 9.17) is 10.8 Å². The number of aromatic carboxylic acids is 1. The van der Waals surface area contributed by atoms with Gasteiger partial charge < -0.3 is 16.2 Å². The molecule has 100 valence electrons. The number of nitrogens with two attached hydrogens (primary N) is 1. The van der Waals surface area contributed by atoms with Gasteiger partial charge in [-0.2, -0.15) is 0 Å². The van der Waals surface area contributed by atoms with Gasteiger partial charge in [-0.05, 0) is 18.9 Å². The first-order chi connectivity index (χ1) is 8.49. The van der Waals surface area contributed by atoms with E-state index in [0.717, 1.165) is 12.8 Å². The molecule has 0 aliphatic heterocycles. The Bertz CT molecular complexity index is 417. The van der Waals surface area contributed by atoms with Crippen LogP contribution in [0.2, 0.25) is 0 Å². The maximum absolute atomic E-state index is 11.1. The molecule has 0 amide bonds. The highest BCUT2D eigenvalue weighted by molar-refractivity contribution is 5.94. The molecule has 5 nitrogen and oxygen atoms in total. The second-order valence-corrected chi connectivity index (χ2v) is 4.48. The lowest BCUT2D eigenvalue weighted by molar-refractivity contribution is 0.0697. The van der Waals surface area contributed by atoms with E-state index in [2.05, 4.69) is 24.1 Å². The average molecular weight is 251 g/mol. The number of carboxylic acids is 1. The predicted octanol–water partition coefficient (Wildman–Crippen LogP) is 2.60. The smallest absolute Gasteiger partial charge is 0.339 e. The number of hydrogen-bond donors (Lipinski definition) is 3.